The highest BCUT2D eigenvalue weighted by atomic mass is 28.4. The van der Waals surface area contributed by atoms with Crippen LogP contribution in [0.2, 0.25) is 17.1 Å². The van der Waals surface area contributed by atoms with Gasteiger partial charge in [0.1, 0.15) is 30.1 Å². The molecule has 0 aromatic heterocycles. The minimum atomic E-state index is -8.71. The predicted octanol–water partition coefficient (Wildman–Crippen LogP) is 13.0. The van der Waals surface area contributed by atoms with E-state index in [1.54, 1.807) is 0 Å². The Balaban J connectivity index is 2.27. The average Bonchev–Trinajstić information content (AvgIpc) is 3.14. The molecule has 0 bridgehead atoms. The highest BCUT2D eigenvalue weighted by Gasteiger charge is 2.95. The van der Waals surface area contributed by atoms with Crippen LogP contribution in [0.25, 0.3) is 0 Å². The molecule has 0 aliphatic rings. The lowest BCUT2D eigenvalue weighted by molar-refractivity contribution is -0.461. The van der Waals surface area contributed by atoms with E-state index in [1.807, 2.05) is 0 Å². The van der Waals surface area contributed by atoms with E-state index in [0.29, 0.717) is 6.07 Å². The van der Waals surface area contributed by atoms with Crippen molar-refractivity contribution in [3.8, 4) is 5.75 Å². The Morgan fingerprint density at radius 3 is 1.63 bits per heavy atom. The van der Waals surface area contributed by atoms with Crippen molar-refractivity contribution in [2.75, 3.05) is 25.6 Å². The van der Waals surface area contributed by atoms with Crippen LogP contribution in [0.15, 0.2) is 55.1 Å². The lowest BCUT2D eigenvalue weighted by atomic mass is 9.88. The number of nitrogens with one attached hydrogen (secondary N) is 1. The van der Waals surface area contributed by atoms with Gasteiger partial charge in [-0.25, -0.2) is 13.6 Å². The second-order valence-electron chi connectivity index (χ2n) is 14.2. The van der Waals surface area contributed by atoms with Crippen molar-refractivity contribution < 1.29 is 107 Å². The van der Waals surface area contributed by atoms with Gasteiger partial charge in [-0.1, -0.05) is 45.9 Å². The first-order valence-corrected chi connectivity index (χ1v) is 19.9. The Kier molecular flexibility index (Phi) is 16.6. The van der Waals surface area contributed by atoms with Crippen molar-refractivity contribution in [2.45, 2.75) is 111 Å². The topological polar surface area (TPSA) is 66.0 Å². The van der Waals surface area contributed by atoms with Gasteiger partial charge in [-0.2, -0.15) is 74.6 Å². The highest BCUT2D eigenvalue weighted by molar-refractivity contribution is 6.76. The van der Waals surface area contributed by atoms with Gasteiger partial charge < -0.3 is 18.6 Å². The Labute approximate surface area is 341 Å². The summed E-state index contributed by atoms with van der Waals surface area (Å²) in [5, 5.41) is 2.09. The second-order valence-corrected chi connectivity index (χ2v) is 19.2. The fourth-order valence-electron chi connectivity index (χ4n) is 6.01. The third-order valence-corrected chi connectivity index (χ3v) is 15.4. The molecule has 0 fully saturated rings. The van der Waals surface area contributed by atoms with E-state index in [1.165, 1.54) is 65.1 Å². The molecule has 0 radical (unpaired) electrons. The number of methoxy groups -OCH3 is 1. The SMILES string of the molecule is C=C[C@@H](OC)[C@H](OC(=O)Nc1ccc(F)cc1F)c1ccc(OCCO[Si](CCC(F)(F)C(F)(F)C(F)(F)C(F)(F)C(F)(F)C(F)(F)C(F)(F)C(F)(F)F)(C(C)C)C(C)C)cc1. The van der Waals surface area contributed by atoms with Gasteiger partial charge in [0.05, 0.1) is 12.3 Å². The molecule has 1 amide bonds. The third kappa shape index (κ3) is 10.2. The smallest absolute Gasteiger partial charge is 0.460 e. The molecule has 2 rings (SSSR count). The van der Waals surface area contributed by atoms with E-state index in [9.17, 15) is 88.2 Å². The first-order valence-electron chi connectivity index (χ1n) is 17.6. The summed E-state index contributed by atoms with van der Waals surface area (Å²) >= 11 is 0. The molecule has 0 spiro atoms. The highest BCUT2D eigenvalue weighted by Crippen LogP contribution is 2.64. The second kappa shape index (κ2) is 19.0. The Bertz CT molecular complexity index is 1820. The van der Waals surface area contributed by atoms with Crippen LogP contribution in [0.5, 0.6) is 5.75 Å². The summed E-state index contributed by atoms with van der Waals surface area (Å²) in [6.45, 7) is 7.71. The summed E-state index contributed by atoms with van der Waals surface area (Å²) in [6.07, 6.45) is -12.6. The van der Waals surface area contributed by atoms with E-state index < -0.39 is 128 Å². The van der Waals surface area contributed by atoms with Crippen molar-refractivity contribution in [3.05, 3.63) is 72.3 Å². The van der Waals surface area contributed by atoms with E-state index in [0.717, 1.165) is 12.1 Å². The Morgan fingerprint density at radius 1 is 0.710 bits per heavy atom. The van der Waals surface area contributed by atoms with Gasteiger partial charge >= 0.3 is 53.7 Å². The standard InChI is InChI=1S/C36H38F19NO5Si/c1-7-26(58-6)27(61-28(57)56-25-13-10-22(37)18-24(25)38)21-8-11-23(12-9-21)59-15-16-60-62(19(2)3,20(4)5)17-14-29(39,40)30(41,42)31(43,44)32(45,46)33(47,48)34(49,50)35(51,52)36(53,54)55/h7-13,18-20,26-27H,1,14-17H2,2-6H3,(H,56,57)/t26-,27-/m1/s1. The molecule has 6 nitrogen and oxygen atoms in total. The quantitative estimate of drug-likeness (QED) is 0.0551. The molecule has 354 valence electrons. The van der Waals surface area contributed by atoms with E-state index in [2.05, 4.69) is 11.9 Å². The maximum atomic E-state index is 14.9. The number of hydrogen-bond donors (Lipinski definition) is 1. The van der Waals surface area contributed by atoms with Gasteiger partial charge in [-0.05, 0) is 47.0 Å². The number of alkyl halides is 17. The summed E-state index contributed by atoms with van der Waals surface area (Å²) in [5.41, 5.74) is -2.01. The molecule has 0 heterocycles. The molecule has 26 heteroatoms. The maximum absolute atomic E-state index is 14.9. The number of hydrogen-bond acceptors (Lipinski definition) is 5. The van der Waals surface area contributed by atoms with Crippen LogP contribution in [-0.2, 0) is 13.9 Å². The summed E-state index contributed by atoms with van der Waals surface area (Å²) in [6, 6.07) is 6.25. The number of rotatable bonds is 22. The fraction of sp³-hybridized carbons (Fsp3) is 0.583. The van der Waals surface area contributed by atoms with Crippen LogP contribution in [-0.4, -0.2) is 88.5 Å². The third-order valence-electron chi connectivity index (χ3n) is 9.71. The van der Waals surface area contributed by atoms with Gasteiger partial charge in [-0.3, -0.25) is 5.32 Å². The van der Waals surface area contributed by atoms with Crippen molar-refractivity contribution in [1.82, 2.24) is 0 Å². The number of benzene rings is 2. The van der Waals surface area contributed by atoms with Crippen LogP contribution in [0.3, 0.4) is 0 Å². The largest absolute Gasteiger partial charge is 0.491 e. The summed E-state index contributed by atoms with van der Waals surface area (Å²) in [5.74, 6) is -58.9. The summed E-state index contributed by atoms with van der Waals surface area (Å²) in [7, 11) is -2.79. The first-order chi connectivity index (χ1) is 28.0. The number of anilines is 1. The molecule has 0 aliphatic carbocycles. The monoisotopic (exact) mass is 953 g/mol. The van der Waals surface area contributed by atoms with Gasteiger partial charge in [0.2, 0.25) is 0 Å². The number of halogens is 19. The molecule has 2 atom stereocenters. The molecule has 0 unspecified atom stereocenters. The van der Waals surface area contributed by atoms with Crippen LogP contribution in [0.4, 0.5) is 93.9 Å². The van der Waals surface area contributed by atoms with Crippen molar-refractivity contribution in [2.24, 2.45) is 0 Å². The fourth-order valence-corrected chi connectivity index (χ4v) is 10.5. The van der Waals surface area contributed by atoms with Crippen LogP contribution >= 0.6 is 0 Å². The average molecular weight is 954 g/mol. The van der Waals surface area contributed by atoms with Gasteiger partial charge in [0, 0.05) is 19.6 Å². The van der Waals surface area contributed by atoms with E-state index >= 15 is 0 Å². The van der Waals surface area contributed by atoms with Crippen molar-refractivity contribution in [3.63, 3.8) is 0 Å². The van der Waals surface area contributed by atoms with Gasteiger partial charge in [0.15, 0.2) is 14.4 Å². The number of carbonyl (C=O) groups excluding carboxylic acids is 1. The molecule has 62 heavy (non-hydrogen) atoms. The van der Waals surface area contributed by atoms with E-state index in [4.69, 9.17) is 18.6 Å². The molecular weight excluding hydrogens is 915 g/mol. The van der Waals surface area contributed by atoms with Crippen molar-refractivity contribution in [1.29, 1.82) is 0 Å². The molecular formula is C36H38F19NO5Si. The van der Waals surface area contributed by atoms with Crippen LogP contribution in [0, 0.1) is 11.6 Å². The molecule has 0 saturated heterocycles. The first kappa shape index (κ1) is 54.2. The zero-order chi connectivity index (χ0) is 48.3. The summed E-state index contributed by atoms with van der Waals surface area (Å²) in [4.78, 5) is 12.6. The zero-order valence-corrected chi connectivity index (χ0v) is 33.7. The maximum Gasteiger partial charge on any atom is 0.460 e. The molecule has 0 aliphatic heterocycles. The van der Waals surface area contributed by atoms with Crippen molar-refractivity contribution >= 4 is 20.1 Å². The van der Waals surface area contributed by atoms with Crippen LogP contribution in [0.1, 0.15) is 45.8 Å². The van der Waals surface area contributed by atoms with Crippen LogP contribution < -0.4 is 10.1 Å². The predicted molar refractivity (Wildman–Crippen MR) is 184 cm³/mol. The van der Waals surface area contributed by atoms with Gasteiger partial charge in [-0.15, -0.1) is 6.58 Å². The lowest BCUT2D eigenvalue weighted by Crippen LogP contribution is -2.74. The molecule has 2 aromatic rings. The minimum Gasteiger partial charge on any atom is -0.491 e. The minimum absolute atomic E-state index is 0.0487. The normalized spacial score (nSPS) is 15.1. The number of carbonyl (C=O) groups is 1. The molecule has 0 saturated carbocycles. The van der Waals surface area contributed by atoms with E-state index in [-0.39, 0.29) is 11.3 Å². The number of amides is 1. The molecule has 1 N–H and O–H groups in total. The Morgan fingerprint density at radius 2 is 1.19 bits per heavy atom. The zero-order valence-electron chi connectivity index (χ0n) is 32.7. The van der Waals surface area contributed by atoms with Gasteiger partial charge in [0.25, 0.3) is 0 Å². The Hall–Kier alpha value is -3.94. The molecule has 2 aromatic carbocycles. The summed E-state index contributed by atoms with van der Waals surface area (Å²) < 4.78 is 284. The number of ether oxygens (including phenoxy) is 3. The lowest BCUT2D eigenvalue weighted by Gasteiger charge is -2.44.